The summed E-state index contributed by atoms with van der Waals surface area (Å²) in [5.74, 6) is -1.54. The van der Waals surface area contributed by atoms with Crippen LogP contribution in [0.1, 0.15) is 12.8 Å². The third-order valence-corrected chi connectivity index (χ3v) is 7.51. The average molecular weight is 405 g/mol. The number of carboxylic acid groups (broad SMARTS) is 1. The number of carbonyl (C=O) groups is 1. The molecule has 2 unspecified atom stereocenters. The van der Waals surface area contributed by atoms with E-state index in [-0.39, 0.29) is 23.9 Å². The van der Waals surface area contributed by atoms with Crippen LogP contribution in [0.2, 0.25) is 0 Å². The maximum absolute atomic E-state index is 13.4. The van der Waals surface area contributed by atoms with Crippen molar-refractivity contribution in [2.24, 2.45) is 0 Å². The maximum Gasteiger partial charge on any atom is 0.326 e. The molecule has 0 saturated carbocycles. The van der Waals surface area contributed by atoms with Crippen LogP contribution < -0.4 is 0 Å². The Balaban J connectivity index is 1.71. The highest BCUT2D eigenvalue weighted by atomic mass is 32.2. The van der Waals surface area contributed by atoms with Crippen LogP contribution in [-0.2, 0) is 14.8 Å². The molecule has 2 aliphatic heterocycles. The monoisotopic (exact) mass is 405 g/mol. The number of hydrogen-bond donors (Lipinski definition) is 1. The van der Waals surface area contributed by atoms with Crippen molar-refractivity contribution in [1.29, 1.82) is 0 Å². The van der Waals surface area contributed by atoms with E-state index in [9.17, 15) is 22.7 Å². The number of likely N-dealkylation sites (N-methyl/N-ethyl adjacent to an activating group) is 1. The molecule has 1 N–H and O–H groups in total. The number of halogens is 1. The first-order valence-corrected chi connectivity index (χ1v) is 10.4. The first-order chi connectivity index (χ1) is 13.2. The molecule has 148 valence electrons. The molecule has 2 aliphatic rings. The molecule has 4 rings (SSSR count). The predicted molar refractivity (Wildman–Crippen MR) is 99.5 cm³/mol. The molecule has 28 heavy (non-hydrogen) atoms. The van der Waals surface area contributed by atoms with E-state index in [0.29, 0.717) is 24.2 Å². The molecule has 1 aromatic heterocycles. The highest BCUT2D eigenvalue weighted by Gasteiger charge is 2.60. The van der Waals surface area contributed by atoms with Crippen molar-refractivity contribution in [3.63, 3.8) is 0 Å². The molecule has 7 nitrogen and oxygen atoms in total. The summed E-state index contributed by atoms with van der Waals surface area (Å²) in [6, 6.07) is 8.38. The van der Waals surface area contributed by atoms with Gasteiger partial charge in [0.15, 0.2) is 0 Å². The van der Waals surface area contributed by atoms with Gasteiger partial charge in [0.25, 0.3) is 0 Å². The highest BCUT2D eigenvalue weighted by Crippen LogP contribution is 2.43. The van der Waals surface area contributed by atoms with Gasteiger partial charge in [-0.1, -0.05) is 12.1 Å². The smallest absolute Gasteiger partial charge is 0.326 e. The lowest BCUT2D eigenvalue weighted by atomic mass is 9.97. The van der Waals surface area contributed by atoms with Crippen molar-refractivity contribution in [2.75, 3.05) is 20.1 Å². The average Bonchev–Trinajstić information content (AvgIpc) is 2.92. The number of aromatic nitrogens is 1. The summed E-state index contributed by atoms with van der Waals surface area (Å²) in [5.41, 5.74) is -0.490. The molecule has 0 aliphatic carbocycles. The van der Waals surface area contributed by atoms with Gasteiger partial charge in [0.1, 0.15) is 16.3 Å². The summed E-state index contributed by atoms with van der Waals surface area (Å²) in [6.45, 7) is 0.635. The van der Waals surface area contributed by atoms with Crippen molar-refractivity contribution >= 4 is 16.0 Å². The van der Waals surface area contributed by atoms with Crippen LogP contribution in [0.3, 0.4) is 0 Å². The van der Waals surface area contributed by atoms with Gasteiger partial charge in [0.2, 0.25) is 10.0 Å². The predicted octanol–water partition coefficient (Wildman–Crippen LogP) is 1.81. The van der Waals surface area contributed by atoms with Gasteiger partial charge in [-0.15, -0.1) is 0 Å². The Labute approximate surface area is 162 Å². The Hall–Kier alpha value is -2.36. The fraction of sp³-hybridized carbons (Fsp3) is 0.368. The minimum Gasteiger partial charge on any atom is -0.480 e. The minimum atomic E-state index is -4.04. The van der Waals surface area contributed by atoms with Crippen LogP contribution in [0.25, 0.3) is 11.3 Å². The third kappa shape index (κ3) is 2.90. The van der Waals surface area contributed by atoms with Crippen LogP contribution in [-0.4, -0.2) is 65.4 Å². The standard InChI is InChI=1S/C19H20FN3O4S/c1-22-11-15-7-8-19(12-22,18(24)25)23(15)28(26,27)16-5-6-17(21-10-16)13-3-2-4-14(20)9-13/h2-6,9-10,15H,7-8,11-12H2,1H3,(H,24,25). The van der Waals surface area contributed by atoms with Crippen LogP contribution in [0.15, 0.2) is 47.5 Å². The molecule has 1 aromatic carbocycles. The molecule has 0 amide bonds. The highest BCUT2D eigenvalue weighted by molar-refractivity contribution is 7.89. The van der Waals surface area contributed by atoms with Gasteiger partial charge in [-0.25, -0.2) is 12.8 Å². The topological polar surface area (TPSA) is 90.8 Å². The van der Waals surface area contributed by atoms with Crippen LogP contribution >= 0.6 is 0 Å². The number of carboxylic acids is 1. The third-order valence-electron chi connectivity index (χ3n) is 5.51. The van der Waals surface area contributed by atoms with Gasteiger partial charge in [0.05, 0.1) is 5.69 Å². The molecule has 2 atom stereocenters. The van der Waals surface area contributed by atoms with Crippen LogP contribution in [0.5, 0.6) is 0 Å². The molecule has 2 fully saturated rings. The van der Waals surface area contributed by atoms with Crippen molar-refractivity contribution in [3.05, 3.63) is 48.4 Å². The second kappa shape index (κ2) is 6.61. The lowest BCUT2D eigenvalue weighted by molar-refractivity contribution is -0.150. The van der Waals surface area contributed by atoms with E-state index >= 15 is 0 Å². The summed E-state index contributed by atoms with van der Waals surface area (Å²) in [7, 11) is -2.24. The summed E-state index contributed by atoms with van der Waals surface area (Å²) in [6.07, 6.45) is 2.00. The Bertz CT molecular complexity index is 1030. The zero-order valence-electron chi connectivity index (χ0n) is 15.2. The minimum absolute atomic E-state index is 0.0604. The largest absolute Gasteiger partial charge is 0.480 e. The molecule has 2 saturated heterocycles. The number of rotatable bonds is 4. The van der Waals surface area contributed by atoms with E-state index in [2.05, 4.69) is 4.98 Å². The molecule has 2 bridgehead atoms. The van der Waals surface area contributed by atoms with Gasteiger partial charge in [0, 0.05) is 30.9 Å². The van der Waals surface area contributed by atoms with E-state index in [0.717, 1.165) is 0 Å². The molecule has 9 heteroatoms. The molecular formula is C19H20FN3O4S. The van der Waals surface area contributed by atoms with Crippen LogP contribution in [0.4, 0.5) is 4.39 Å². The van der Waals surface area contributed by atoms with Crippen molar-refractivity contribution in [3.8, 4) is 11.3 Å². The Kier molecular flexibility index (Phi) is 4.48. The lowest BCUT2D eigenvalue weighted by Crippen LogP contribution is -2.65. The fourth-order valence-corrected chi connectivity index (χ4v) is 6.23. The molecule has 0 spiro atoms. The number of piperazine rings is 1. The van der Waals surface area contributed by atoms with E-state index < -0.39 is 27.3 Å². The number of likely N-dealkylation sites (tertiary alicyclic amines) is 1. The fourth-order valence-electron chi connectivity index (χ4n) is 4.33. The van der Waals surface area contributed by atoms with E-state index in [1.54, 1.807) is 19.2 Å². The first kappa shape index (κ1) is 19.0. The van der Waals surface area contributed by atoms with Gasteiger partial charge in [-0.2, -0.15) is 4.31 Å². The SMILES string of the molecule is CN1CC2CCC(C(=O)O)(C1)N2S(=O)(=O)c1ccc(-c2cccc(F)c2)nc1. The first-order valence-electron chi connectivity index (χ1n) is 8.92. The normalized spacial score (nSPS) is 25.7. The van der Waals surface area contributed by atoms with Gasteiger partial charge >= 0.3 is 5.97 Å². The van der Waals surface area contributed by atoms with Crippen LogP contribution in [0, 0.1) is 5.82 Å². The molecule has 0 radical (unpaired) electrons. The molecule has 2 aromatic rings. The Morgan fingerprint density at radius 1 is 1.32 bits per heavy atom. The number of fused-ring (bicyclic) bond motifs is 2. The van der Waals surface area contributed by atoms with Crippen molar-refractivity contribution < 1.29 is 22.7 Å². The zero-order chi connectivity index (χ0) is 20.1. The number of pyridine rings is 1. The summed E-state index contributed by atoms with van der Waals surface area (Å²) in [4.78, 5) is 18.0. The number of sulfonamides is 1. The van der Waals surface area contributed by atoms with Crippen molar-refractivity contribution in [2.45, 2.75) is 29.3 Å². The number of aliphatic carboxylic acids is 1. The number of nitrogens with zero attached hydrogens (tertiary/aromatic N) is 3. The van der Waals surface area contributed by atoms with Gasteiger partial charge in [-0.3, -0.25) is 9.78 Å². The van der Waals surface area contributed by atoms with Gasteiger partial charge in [-0.05, 0) is 44.2 Å². The summed E-state index contributed by atoms with van der Waals surface area (Å²) in [5, 5.41) is 9.85. The van der Waals surface area contributed by atoms with Gasteiger partial charge < -0.3 is 10.0 Å². The lowest BCUT2D eigenvalue weighted by Gasteiger charge is -2.44. The van der Waals surface area contributed by atoms with E-state index in [1.165, 1.54) is 34.8 Å². The summed E-state index contributed by atoms with van der Waals surface area (Å²) < 4.78 is 41.2. The zero-order valence-corrected chi connectivity index (χ0v) is 16.1. The quantitative estimate of drug-likeness (QED) is 0.834. The second-order valence-electron chi connectivity index (χ2n) is 7.42. The number of hydrogen-bond acceptors (Lipinski definition) is 5. The van der Waals surface area contributed by atoms with Crippen molar-refractivity contribution in [1.82, 2.24) is 14.2 Å². The Morgan fingerprint density at radius 3 is 2.75 bits per heavy atom. The number of benzene rings is 1. The van der Waals surface area contributed by atoms with E-state index in [4.69, 9.17) is 0 Å². The Morgan fingerprint density at radius 2 is 2.11 bits per heavy atom. The maximum atomic E-state index is 13.4. The second-order valence-corrected chi connectivity index (χ2v) is 9.23. The summed E-state index contributed by atoms with van der Waals surface area (Å²) >= 11 is 0. The molecular weight excluding hydrogens is 385 g/mol. The molecule has 3 heterocycles. The van der Waals surface area contributed by atoms with E-state index in [1.807, 2.05) is 4.90 Å².